The smallest absolute Gasteiger partial charge is 0.283 e. The molecular formula is C25H26N4O5S. The molecule has 0 spiro atoms. The number of para-hydroxylation sites is 2. The molecule has 1 amide bonds. The maximum atomic E-state index is 12.6. The second-order valence-electron chi connectivity index (χ2n) is 7.35. The van der Waals surface area contributed by atoms with Crippen LogP contribution in [0.3, 0.4) is 0 Å². The summed E-state index contributed by atoms with van der Waals surface area (Å²) in [4.78, 5) is 16.7. The summed E-state index contributed by atoms with van der Waals surface area (Å²) < 4.78 is 22.7. The van der Waals surface area contributed by atoms with Crippen LogP contribution in [-0.4, -0.2) is 53.9 Å². The number of carbonyl (C=O) groups is 1. The number of hydrazone groups is 1. The van der Waals surface area contributed by atoms with Gasteiger partial charge in [-0.15, -0.1) is 0 Å². The van der Waals surface area contributed by atoms with Crippen LogP contribution in [-0.2, 0) is 4.79 Å². The molecule has 2 heterocycles. The molecule has 0 radical (unpaired) electrons. The molecule has 2 aliphatic rings. The van der Waals surface area contributed by atoms with Crippen molar-refractivity contribution in [3.05, 3.63) is 53.6 Å². The topological polar surface area (TPSA) is 106 Å². The van der Waals surface area contributed by atoms with Gasteiger partial charge in [-0.05, 0) is 61.0 Å². The van der Waals surface area contributed by atoms with Gasteiger partial charge < -0.3 is 18.9 Å². The minimum Gasteiger partial charge on any atom is -0.493 e. The zero-order valence-electron chi connectivity index (χ0n) is 19.7. The monoisotopic (exact) mass is 494 g/mol. The number of nitrogens with zero attached hydrogens (tertiary/aromatic N) is 3. The van der Waals surface area contributed by atoms with Gasteiger partial charge in [0.15, 0.2) is 28.8 Å². The summed E-state index contributed by atoms with van der Waals surface area (Å²) in [5.74, 6) is 1.92. The van der Waals surface area contributed by atoms with E-state index in [4.69, 9.17) is 24.4 Å². The van der Waals surface area contributed by atoms with Gasteiger partial charge in [-0.2, -0.15) is 15.1 Å². The highest BCUT2D eigenvalue weighted by molar-refractivity contribution is 8.26. The van der Waals surface area contributed by atoms with E-state index in [0.29, 0.717) is 60.0 Å². The first kappa shape index (κ1) is 24.3. The molecule has 1 N–H and O–H groups in total. The molecule has 4 rings (SSSR count). The largest absolute Gasteiger partial charge is 0.493 e. The zero-order valence-corrected chi connectivity index (χ0v) is 20.6. The Labute approximate surface area is 207 Å². The number of amidine groups is 2. The first-order valence-electron chi connectivity index (χ1n) is 11.2. The quantitative estimate of drug-likeness (QED) is 0.381. The van der Waals surface area contributed by atoms with Crippen molar-refractivity contribution in [3.63, 3.8) is 0 Å². The fraction of sp³-hybridized carbons (Fsp3) is 0.280. The van der Waals surface area contributed by atoms with Crippen molar-refractivity contribution in [2.75, 3.05) is 26.9 Å². The molecule has 2 aromatic carbocycles. The van der Waals surface area contributed by atoms with Gasteiger partial charge in [0.1, 0.15) is 18.3 Å². The molecule has 0 aliphatic carbocycles. The molecule has 0 bridgehead atoms. The second kappa shape index (κ2) is 11.1. The Balaban J connectivity index is 1.46. The molecule has 0 saturated heterocycles. The number of aliphatic imine (C=N–C) groups is 1. The van der Waals surface area contributed by atoms with Crippen molar-refractivity contribution in [2.45, 2.75) is 20.3 Å². The first-order chi connectivity index (χ1) is 17.0. The Bertz CT molecular complexity index is 1220. The Morgan fingerprint density at radius 2 is 1.71 bits per heavy atom. The van der Waals surface area contributed by atoms with E-state index in [1.54, 1.807) is 31.4 Å². The molecule has 2 aromatic rings. The third kappa shape index (κ3) is 5.48. The number of hydrogen-bond donors (Lipinski definition) is 1. The Kier molecular flexibility index (Phi) is 7.71. The van der Waals surface area contributed by atoms with Crippen LogP contribution >= 0.6 is 11.8 Å². The number of nitrogens with one attached hydrogen (secondary N) is 1. The normalized spacial score (nSPS) is 16.1. The average molecular weight is 495 g/mol. The molecule has 10 heteroatoms. The molecule has 2 aliphatic heterocycles. The summed E-state index contributed by atoms with van der Waals surface area (Å²) >= 11 is 1.31. The van der Waals surface area contributed by atoms with Crippen LogP contribution in [0.1, 0.15) is 25.8 Å². The minimum absolute atomic E-state index is 0.00252. The number of methoxy groups -OCH3 is 1. The van der Waals surface area contributed by atoms with Gasteiger partial charge in [-0.1, -0.05) is 25.1 Å². The summed E-state index contributed by atoms with van der Waals surface area (Å²) in [5.41, 5.74) is 0.848. The number of hydrogen-bond acceptors (Lipinski definition) is 8. The summed E-state index contributed by atoms with van der Waals surface area (Å²) in [6.07, 6.45) is 2.33. The summed E-state index contributed by atoms with van der Waals surface area (Å²) in [5, 5.41) is 15.5. The van der Waals surface area contributed by atoms with Crippen LogP contribution in [0.4, 0.5) is 0 Å². The predicted octanol–water partition coefficient (Wildman–Crippen LogP) is 4.58. The SMILES string of the molecule is CCOc1cc(/C=C2/C(=N)N3N=C(CC)SC3=NC2=O)ccc1OCCOc1ccccc1OC. The third-order valence-corrected chi connectivity index (χ3v) is 6.10. The minimum atomic E-state index is -0.465. The van der Waals surface area contributed by atoms with Gasteiger partial charge in [-0.25, -0.2) is 0 Å². The summed E-state index contributed by atoms with van der Waals surface area (Å²) in [6.45, 7) is 4.90. The molecule has 0 atom stereocenters. The predicted molar refractivity (Wildman–Crippen MR) is 137 cm³/mol. The molecule has 0 saturated carbocycles. The maximum absolute atomic E-state index is 12.6. The highest BCUT2D eigenvalue weighted by atomic mass is 32.2. The summed E-state index contributed by atoms with van der Waals surface area (Å²) in [6, 6.07) is 12.7. The fourth-order valence-electron chi connectivity index (χ4n) is 3.38. The highest BCUT2D eigenvalue weighted by Crippen LogP contribution is 2.32. The van der Waals surface area contributed by atoms with E-state index in [-0.39, 0.29) is 11.4 Å². The number of fused-ring (bicyclic) bond motifs is 1. The van der Waals surface area contributed by atoms with Gasteiger partial charge in [-0.3, -0.25) is 10.2 Å². The van der Waals surface area contributed by atoms with E-state index in [1.807, 2.05) is 38.1 Å². The fourth-order valence-corrected chi connectivity index (χ4v) is 4.21. The molecule has 0 unspecified atom stereocenters. The standard InChI is InChI=1S/C25H26N4O5S/c1-4-22-28-29-23(26)17(24(30)27-25(29)35-22)14-16-10-11-20(21(15-16)32-5-2)34-13-12-33-19-9-7-6-8-18(19)31-3/h6-11,14-15,26H,4-5,12-13H2,1-3H3/b17-14-,26-23?. The van der Waals surface area contributed by atoms with Crippen molar-refractivity contribution in [1.29, 1.82) is 5.41 Å². The van der Waals surface area contributed by atoms with Gasteiger partial charge in [0.25, 0.3) is 5.91 Å². The van der Waals surface area contributed by atoms with Crippen molar-refractivity contribution in [2.24, 2.45) is 10.1 Å². The number of carbonyl (C=O) groups excluding carboxylic acids is 1. The molecule has 0 aromatic heterocycles. The van der Waals surface area contributed by atoms with Crippen LogP contribution in [0.5, 0.6) is 23.0 Å². The Hall–Kier alpha value is -3.79. The molecule has 182 valence electrons. The van der Waals surface area contributed by atoms with E-state index in [1.165, 1.54) is 16.8 Å². The maximum Gasteiger partial charge on any atom is 0.283 e. The van der Waals surface area contributed by atoms with E-state index >= 15 is 0 Å². The highest BCUT2D eigenvalue weighted by Gasteiger charge is 2.35. The lowest BCUT2D eigenvalue weighted by Crippen LogP contribution is -2.35. The van der Waals surface area contributed by atoms with Crippen LogP contribution in [0.2, 0.25) is 0 Å². The van der Waals surface area contributed by atoms with Crippen LogP contribution in [0.25, 0.3) is 6.08 Å². The zero-order chi connectivity index (χ0) is 24.8. The van der Waals surface area contributed by atoms with E-state index in [0.717, 1.165) is 5.04 Å². The van der Waals surface area contributed by atoms with Crippen LogP contribution in [0.15, 0.2) is 58.1 Å². The van der Waals surface area contributed by atoms with Crippen LogP contribution < -0.4 is 18.9 Å². The van der Waals surface area contributed by atoms with E-state index in [2.05, 4.69) is 10.1 Å². The van der Waals surface area contributed by atoms with Crippen molar-refractivity contribution >= 4 is 39.8 Å². The average Bonchev–Trinajstić information content (AvgIpc) is 3.29. The van der Waals surface area contributed by atoms with Gasteiger partial charge in [0.05, 0.1) is 19.3 Å². The van der Waals surface area contributed by atoms with Gasteiger partial charge in [0, 0.05) is 0 Å². The number of amides is 1. The van der Waals surface area contributed by atoms with Crippen molar-refractivity contribution in [3.8, 4) is 23.0 Å². The Morgan fingerprint density at radius 3 is 2.40 bits per heavy atom. The van der Waals surface area contributed by atoms with E-state index in [9.17, 15) is 4.79 Å². The summed E-state index contributed by atoms with van der Waals surface area (Å²) in [7, 11) is 1.59. The first-order valence-corrected chi connectivity index (χ1v) is 12.0. The molecule has 35 heavy (non-hydrogen) atoms. The number of ether oxygens (including phenoxy) is 4. The second-order valence-corrected chi connectivity index (χ2v) is 8.39. The Morgan fingerprint density at radius 1 is 1.00 bits per heavy atom. The van der Waals surface area contributed by atoms with Gasteiger partial charge >= 0.3 is 0 Å². The van der Waals surface area contributed by atoms with Crippen LogP contribution in [0, 0.1) is 5.41 Å². The third-order valence-electron chi connectivity index (χ3n) is 5.04. The van der Waals surface area contributed by atoms with Crippen molar-refractivity contribution in [1.82, 2.24) is 5.01 Å². The number of thioether (sulfide) groups is 1. The molecular weight excluding hydrogens is 468 g/mol. The lowest BCUT2D eigenvalue weighted by atomic mass is 10.1. The molecule has 9 nitrogen and oxygen atoms in total. The van der Waals surface area contributed by atoms with Crippen molar-refractivity contribution < 1.29 is 23.7 Å². The number of benzene rings is 2. The van der Waals surface area contributed by atoms with Gasteiger partial charge in [0.2, 0.25) is 5.17 Å². The lowest BCUT2D eigenvalue weighted by molar-refractivity contribution is -0.114. The van der Waals surface area contributed by atoms with E-state index < -0.39 is 5.91 Å². The lowest BCUT2D eigenvalue weighted by Gasteiger charge is -2.20. The number of rotatable bonds is 10. The molecule has 0 fully saturated rings.